The van der Waals surface area contributed by atoms with Gasteiger partial charge in [-0.3, -0.25) is 52.7 Å². The second kappa shape index (κ2) is 70.7. The molecule has 0 heterocycles. The Labute approximate surface area is 326 Å². The molecule has 56 heavy (non-hydrogen) atoms. The highest BCUT2D eigenvalue weighted by molar-refractivity contribution is 5.72. The maximum atomic E-state index is 11.3. The average molecular weight is 831 g/mol. The normalized spacial score (nSPS) is 7.96. The molecule has 23 heteroatoms. The lowest BCUT2D eigenvalue weighted by Crippen LogP contribution is -2.21. The molecule has 0 rings (SSSR count). The van der Waals surface area contributed by atoms with Crippen LogP contribution in [0.1, 0.15) is 122 Å². The summed E-state index contributed by atoms with van der Waals surface area (Å²) in [5, 5.41) is 75.7. The molecule has 1 unspecified atom stereocenters. The summed E-state index contributed by atoms with van der Waals surface area (Å²) in [4.78, 5) is 102. The Bertz CT molecular complexity index is 800. The van der Waals surface area contributed by atoms with Crippen molar-refractivity contribution in [3.05, 3.63) is 0 Å². The zero-order chi connectivity index (χ0) is 48.0. The van der Waals surface area contributed by atoms with E-state index in [1.165, 1.54) is 19.8 Å². The first-order valence-corrected chi connectivity index (χ1v) is 15.8. The van der Waals surface area contributed by atoms with E-state index in [2.05, 4.69) is 11.7 Å². The van der Waals surface area contributed by atoms with Crippen LogP contribution in [0.4, 0.5) is 0 Å². The van der Waals surface area contributed by atoms with Crippen LogP contribution in [0.3, 0.4) is 0 Å². The Morgan fingerprint density at radius 3 is 0.732 bits per heavy atom. The minimum atomic E-state index is -0.833. The summed E-state index contributed by atoms with van der Waals surface area (Å²) in [6.45, 7) is 17.6. The van der Waals surface area contributed by atoms with Crippen LogP contribution in [-0.4, -0.2) is 137 Å². The van der Waals surface area contributed by atoms with Gasteiger partial charge in [0.1, 0.15) is 0 Å². The molecule has 0 aliphatic heterocycles. The number of carboxylic acids is 9. The second-order valence-corrected chi connectivity index (χ2v) is 9.08. The molecule has 0 aromatic carbocycles. The lowest BCUT2D eigenvalue weighted by atomic mass is 10.0. The first kappa shape index (κ1) is 79.0. The van der Waals surface area contributed by atoms with Crippen molar-refractivity contribution in [1.82, 2.24) is 0 Å². The third kappa shape index (κ3) is 727. The number of esters is 2. The number of carbonyl (C=O) groups excluding carboxylic acids is 2. The topological polar surface area (TPSA) is 409 Å². The van der Waals surface area contributed by atoms with Gasteiger partial charge in [-0.15, -0.1) is 0 Å². The molecule has 0 aromatic rings. The smallest absolute Gasteiger partial charge is 0.311 e. The third-order valence-corrected chi connectivity index (χ3v) is 2.59. The highest BCUT2D eigenvalue weighted by Crippen LogP contribution is 2.12. The quantitative estimate of drug-likeness (QED) is 0.117. The van der Waals surface area contributed by atoms with Crippen molar-refractivity contribution in [2.45, 2.75) is 122 Å². The highest BCUT2D eigenvalue weighted by atomic mass is 16.5. The van der Waals surface area contributed by atoms with Crippen molar-refractivity contribution < 1.29 is 113 Å². The summed E-state index contributed by atoms with van der Waals surface area (Å²) in [5.41, 5.74) is 0. The van der Waals surface area contributed by atoms with Gasteiger partial charge in [0.05, 0.1) is 25.7 Å². The maximum absolute atomic E-state index is 11.3. The molecule has 0 saturated heterocycles. The van der Waals surface area contributed by atoms with Gasteiger partial charge in [0, 0.05) is 69.2 Å². The van der Waals surface area contributed by atoms with Crippen LogP contribution < -0.4 is 0 Å². The van der Waals surface area contributed by atoms with Gasteiger partial charge < -0.3 is 60.5 Å². The van der Waals surface area contributed by atoms with E-state index in [4.69, 9.17) is 99.0 Å². The Morgan fingerprint density at radius 2 is 0.607 bits per heavy atom. The van der Waals surface area contributed by atoms with Crippen molar-refractivity contribution in [3.8, 4) is 0 Å². The van der Waals surface area contributed by atoms with Gasteiger partial charge >= 0.3 is 11.9 Å². The Morgan fingerprint density at radius 1 is 0.393 bits per heavy atom. The molecule has 336 valence electrons. The van der Waals surface area contributed by atoms with E-state index in [-0.39, 0.29) is 24.5 Å². The van der Waals surface area contributed by atoms with Gasteiger partial charge in [-0.25, -0.2) is 0 Å². The van der Waals surface area contributed by atoms with Crippen molar-refractivity contribution in [2.24, 2.45) is 5.92 Å². The van der Waals surface area contributed by atoms with Crippen molar-refractivity contribution in [2.75, 3.05) is 19.8 Å². The number of hydrogen-bond donors (Lipinski definition) is 10. The first-order valence-electron chi connectivity index (χ1n) is 15.8. The molecule has 0 aliphatic carbocycles. The molecule has 0 bridgehead atoms. The number of ether oxygens (including phenoxy) is 2. The molecule has 0 aliphatic rings. The van der Waals surface area contributed by atoms with E-state index in [0.717, 1.165) is 81.6 Å². The van der Waals surface area contributed by atoms with E-state index in [1.54, 1.807) is 13.8 Å². The van der Waals surface area contributed by atoms with Gasteiger partial charge in [0.15, 0.2) is 0 Å². The SMILES string of the molecule is CC(=O)O.CC(=O)O.CC(=O)O.CC(=O)O.CC(=O)O.CC(=O)O.CC(=O)O.CC(=O)O.CC(=O)O.CCCCCCC(CO)C(=O)OCC.CCOC(C)=O. The van der Waals surface area contributed by atoms with Crippen molar-refractivity contribution in [3.63, 3.8) is 0 Å². The fourth-order valence-corrected chi connectivity index (χ4v) is 1.56. The molecule has 0 spiro atoms. The zero-order valence-corrected chi connectivity index (χ0v) is 34.5. The van der Waals surface area contributed by atoms with E-state index >= 15 is 0 Å². The number of carbonyl (C=O) groups is 11. The number of carboxylic acid groups (broad SMARTS) is 9. The average Bonchev–Trinajstić information content (AvgIpc) is 2.91. The third-order valence-electron chi connectivity index (χ3n) is 2.59. The zero-order valence-electron chi connectivity index (χ0n) is 34.5. The van der Waals surface area contributed by atoms with Crippen LogP contribution in [0.2, 0.25) is 0 Å². The monoisotopic (exact) mass is 830 g/mol. The van der Waals surface area contributed by atoms with Gasteiger partial charge in [-0.05, 0) is 20.3 Å². The van der Waals surface area contributed by atoms with Gasteiger partial charge in [-0.1, -0.05) is 32.6 Å². The van der Waals surface area contributed by atoms with E-state index in [9.17, 15) is 9.59 Å². The highest BCUT2D eigenvalue weighted by Gasteiger charge is 2.17. The van der Waals surface area contributed by atoms with Crippen molar-refractivity contribution >= 4 is 65.7 Å². The standard InChI is InChI=1S/C11H22O3.C4H8O2.9C2H4O2/c1-3-5-6-7-8-10(9-12)11(13)14-4-2;1-3-6-4(2)5;9*1-2(3)4/h10,12H,3-9H2,1-2H3;3H2,1-2H3;9*1H3,(H,3,4). The van der Waals surface area contributed by atoms with Crippen LogP contribution in [0.15, 0.2) is 0 Å². The lowest BCUT2D eigenvalue weighted by Gasteiger charge is -2.12. The molecular weight excluding hydrogens is 764 g/mol. The molecule has 0 saturated carbocycles. The number of aliphatic hydroxyl groups is 1. The maximum Gasteiger partial charge on any atom is 0.311 e. The molecule has 10 N–H and O–H groups in total. The van der Waals surface area contributed by atoms with Crippen LogP contribution in [0.5, 0.6) is 0 Å². The summed E-state index contributed by atoms with van der Waals surface area (Å²) in [6.07, 6.45) is 5.25. The molecular formula is C33H66O23. The minimum Gasteiger partial charge on any atom is -0.481 e. The van der Waals surface area contributed by atoms with Crippen LogP contribution in [-0.2, 0) is 62.2 Å². The molecule has 0 amide bonds. The fraction of sp³-hybridized carbons (Fsp3) is 0.667. The summed E-state index contributed by atoms with van der Waals surface area (Å²) in [5.74, 6) is -8.28. The number of hydrogen-bond acceptors (Lipinski definition) is 14. The van der Waals surface area contributed by atoms with Gasteiger partial charge in [-0.2, -0.15) is 0 Å². The molecule has 23 nitrogen and oxygen atoms in total. The number of aliphatic carboxylic acids is 9. The Balaban J connectivity index is -0.0000000464. The lowest BCUT2D eigenvalue weighted by molar-refractivity contribution is -0.150. The molecule has 0 aromatic heterocycles. The van der Waals surface area contributed by atoms with E-state index in [1.807, 2.05) is 0 Å². The Kier molecular flexibility index (Phi) is 99.7. The van der Waals surface area contributed by atoms with Gasteiger partial charge in [0.25, 0.3) is 53.7 Å². The molecule has 0 radical (unpaired) electrons. The van der Waals surface area contributed by atoms with Crippen molar-refractivity contribution in [1.29, 1.82) is 0 Å². The predicted octanol–water partition coefficient (Wildman–Crippen LogP) is 3.52. The van der Waals surface area contributed by atoms with Gasteiger partial charge in [0.2, 0.25) is 0 Å². The first-order chi connectivity index (χ1) is 25.1. The number of aliphatic hydroxyl groups excluding tert-OH is 1. The number of unbranched alkanes of at least 4 members (excludes halogenated alkanes) is 3. The summed E-state index contributed by atoms with van der Waals surface area (Å²) in [7, 11) is 0. The molecule has 0 fully saturated rings. The summed E-state index contributed by atoms with van der Waals surface area (Å²) < 4.78 is 9.26. The predicted molar refractivity (Wildman–Crippen MR) is 198 cm³/mol. The van der Waals surface area contributed by atoms with Crippen LogP contribution in [0.25, 0.3) is 0 Å². The van der Waals surface area contributed by atoms with Crippen LogP contribution in [0, 0.1) is 5.92 Å². The van der Waals surface area contributed by atoms with E-state index < -0.39 is 53.7 Å². The largest absolute Gasteiger partial charge is 0.481 e. The summed E-state index contributed by atoms with van der Waals surface area (Å²) >= 11 is 0. The number of rotatable bonds is 9. The van der Waals surface area contributed by atoms with E-state index in [0.29, 0.717) is 13.2 Å². The summed E-state index contributed by atoms with van der Waals surface area (Å²) in [6, 6.07) is 0. The second-order valence-electron chi connectivity index (χ2n) is 9.08. The Hall–Kier alpha value is -5.87. The fourth-order valence-electron chi connectivity index (χ4n) is 1.56. The minimum absolute atomic E-state index is 0.0923. The van der Waals surface area contributed by atoms with Crippen LogP contribution >= 0.6 is 0 Å². The molecule has 1 atom stereocenters.